The number of amides is 1. The highest BCUT2D eigenvalue weighted by atomic mass is 16.6. The molecule has 0 saturated carbocycles. The van der Waals surface area contributed by atoms with Crippen molar-refractivity contribution < 1.29 is 14.3 Å². The van der Waals surface area contributed by atoms with E-state index in [0.717, 1.165) is 11.3 Å². The number of aromatic nitrogens is 2. The van der Waals surface area contributed by atoms with E-state index >= 15 is 0 Å². The predicted octanol–water partition coefficient (Wildman–Crippen LogP) is 2.61. The minimum Gasteiger partial charge on any atom is -0.497 e. The van der Waals surface area contributed by atoms with Gasteiger partial charge < -0.3 is 14.8 Å². The topological polar surface area (TPSA) is 76.6 Å². The van der Waals surface area contributed by atoms with Gasteiger partial charge in [-0.25, -0.2) is 9.78 Å². The largest absolute Gasteiger partial charge is 0.497 e. The van der Waals surface area contributed by atoms with Gasteiger partial charge in [-0.3, -0.25) is 4.90 Å². The molecular formula is C16H18N4O3. The molecule has 1 aliphatic rings. The monoisotopic (exact) mass is 314 g/mol. The molecule has 1 atom stereocenters. The highest BCUT2D eigenvalue weighted by molar-refractivity contribution is 5.88. The number of hydrogen-bond acceptors (Lipinski definition) is 6. The molecule has 7 heteroatoms. The van der Waals surface area contributed by atoms with Crippen molar-refractivity contribution in [2.45, 2.75) is 13.0 Å². The first-order chi connectivity index (χ1) is 11.2. The highest BCUT2D eigenvalue weighted by Gasteiger charge is 2.25. The number of cyclic esters (lactones) is 1. The van der Waals surface area contributed by atoms with Crippen LogP contribution >= 0.6 is 0 Å². The molecular weight excluding hydrogens is 296 g/mol. The van der Waals surface area contributed by atoms with Crippen LogP contribution in [0.4, 0.5) is 16.6 Å². The molecule has 2 aromatic rings. The van der Waals surface area contributed by atoms with Crippen molar-refractivity contribution in [2.75, 3.05) is 30.5 Å². The molecule has 1 fully saturated rings. The van der Waals surface area contributed by atoms with E-state index in [1.807, 2.05) is 31.2 Å². The molecule has 1 saturated heterocycles. The van der Waals surface area contributed by atoms with Crippen LogP contribution in [0, 0.1) is 0 Å². The first-order valence-electron chi connectivity index (χ1n) is 7.35. The molecule has 1 aromatic heterocycles. The van der Waals surface area contributed by atoms with Gasteiger partial charge in [0.05, 0.1) is 19.7 Å². The summed E-state index contributed by atoms with van der Waals surface area (Å²) in [6, 6.07) is 9.49. The minimum atomic E-state index is -0.377. The molecule has 23 heavy (non-hydrogen) atoms. The van der Waals surface area contributed by atoms with Gasteiger partial charge in [-0.15, -0.1) is 0 Å². The molecule has 1 amide bonds. The van der Waals surface area contributed by atoms with Crippen LogP contribution in [0.5, 0.6) is 5.75 Å². The second kappa shape index (κ2) is 6.51. The Labute approximate surface area is 134 Å². The lowest BCUT2D eigenvalue weighted by molar-refractivity contribution is 0.181. The average Bonchev–Trinajstić information content (AvgIpc) is 3.01. The zero-order valence-electron chi connectivity index (χ0n) is 13.0. The summed E-state index contributed by atoms with van der Waals surface area (Å²) in [4.78, 5) is 21.7. The molecule has 0 spiro atoms. The Morgan fingerprint density at radius 2 is 2.09 bits per heavy atom. The number of nitrogens with one attached hydrogen (secondary N) is 1. The number of rotatable bonds is 5. The van der Waals surface area contributed by atoms with E-state index < -0.39 is 0 Å². The van der Waals surface area contributed by atoms with E-state index in [9.17, 15) is 4.79 Å². The molecule has 1 N–H and O–H groups in total. The SMILES string of the molecule is COc1ccc([C@@H](C)Nc2nccc(N3CCOC3=O)n2)cc1. The Hall–Kier alpha value is -2.83. The second-order valence-corrected chi connectivity index (χ2v) is 5.14. The second-order valence-electron chi connectivity index (χ2n) is 5.14. The quantitative estimate of drug-likeness (QED) is 0.914. The highest BCUT2D eigenvalue weighted by Crippen LogP contribution is 2.22. The zero-order valence-corrected chi connectivity index (χ0v) is 13.0. The first kappa shape index (κ1) is 15.1. The van der Waals surface area contributed by atoms with Gasteiger partial charge in [0, 0.05) is 6.20 Å². The average molecular weight is 314 g/mol. The summed E-state index contributed by atoms with van der Waals surface area (Å²) >= 11 is 0. The van der Waals surface area contributed by atoms with Gasteiger partial charge in [0.1, 0.15) is 18.2 Å². The molecule has 7 nitrogen and oxygen atoms in total. The molecule has 0 bridgehead atoms. The van der Waals surface area contributed by atoms with Crippen LogP contribution in [0.3, 0.4) is 0 Å². The third kappa shape index (κ3) is 3.33. The van der Waals surface area contributed by atoms with Gasteiger partial charge in [0.15, 0.2) is 0 Å². The molecule has 120 valence electrons. The molecule has 1 aromatic carbocycles. The van der Waals surface area contributed by atoms with E-state index in [0.29, 0.717) is 24.9 Å². The number of nitrogens with zero attached hydrogens (tertiary/aromatic N) is 3. The molecule has 2 heterocycles. The van der Waals surface area contributed by atoms with Crippen LogP contribution in [0.25, 0.3) is 0 Å². The van der Waals surface area contributed by atoms with Gasteiger partial charge in [0.25, 0.3) is 0 Å². The van der Waals surface area contributed by atoms with E-state index in [2.05, 4.69) is 15.3 Å². The van der Waals surface area contributed by atoms with Crippen molar-refractivity contribution >= 4 is 17.9 Å². The summed E-state index contributed by atoms with van der Waals surface area (Å²) in [5.74, 6) is 1.81. The van der Waals surface area contributed by atoms with Gasteiger partial charge in [-0.1, -0.05) is 12.1 Å². The van der Waals surface area contributed by atoms with E-state index in [-0.39, 0.29) is 12.1 Å². The summed E-state index contributed by atoms with van der Waals surface area (Å²) in [6.45, 7) is 2.90. The van der Waals surface area contributed by atoms with Crippen LogP contribution in [0.2, 0.25) is 0 Å². The van der Waals surface area contributed by atoms with E-state index in [4.69, 9.17) is 9.47 Å². The Kier molecular flexibility index (Phi) is 4.27. The number of benzene rings is 1. The molecule has 3 rings (SSSR count). The van der Waals surface area contributed by atoms with Crippen molar-refractivity contribution in [3.63, 3.8) is 0 Å². The lowest BCUT2D eigenvalue weighted by Gasteiger charge is -2.16. The number of ether oxygens (including phenoxy) is 2. The van der Waals surface area contributed by atoms with Gasteiger partial charge in [-0.05, 0) is 30.7 Å². The number of anilines is 2. The molecule has 0 radical (unpaired) electrons. The first-order valence-corrected chi connectivity index (χ1v) is 7.35. The molecule has 0 unspecified atom stereocenters. The van der Waals surface area contributed by atoms with E-state index in [1.54, 1.807) is 19.4 Å². The van der Waals surface area contributed by atoms with E-state index in [1.165, 1.54) is 4.90 Å². The van der Waals surface area contributed by atoms with Crippen molar-refractivity contribution in [3.8, 4) is 5.75 Å². The fraction of sp³-hybridized carbons (Fsp3) is 0.312. The lowest BCUT2D eigenvalue weighted by Crippen LogP contribution is -2.25. The molecule has 0 aliphatic carbocycles. The fourth-order valence-corrected chi connectivity index (χ4v) is 2.34. The van der Waals surface area contributed by atoms with Gasteiger partial charge in [-0.2, -0.15) is 4.98 Å². The van der Waals surface area contributed by atoms with Crippen molar-refractivity contribution in [2.24, 2.45) is 0 Å². The third-order valence-corrected chi connectivity index (χ3v) is 3.64. The standard InChI is InChI=1S/C16H18N4O3/c1-11(12-3-5-13(22-2)6-4-12)18-15-17-8-7-14(19-15)20-9-10-23-16(20)21/h3-8,11H,9-10H2,1-2H3,(H,17,18,19)/t11-/m1/s1. The van der Waals surface area contributed by atoms with Crippen molar-refractivity contribution in [1.82, 2.24) is 9.97 Å². The Bertz CT molecular complexity index is 690. The van der Waals surface area contributed by atoms with Gasteiger partial charge in [0.2, 0.25) is 5.95 Å². The smallest absolute Gasteiger partial charge is 0.415 e. The Balaban J connectivity index is 1.72. The Morgan fingerprint density at radius 1 is 1.30 bits per heavy atom. The molecule has 1 aliphatic heterocycles. The summed E-state index contributed by atoms with van der Waals surface area (Å²) in [6.07, 6.45) is 1.25. The Morgan fingerprint density at radius 3 is 2.74 bits per heavy atom. The maximum atomic E-state index is 11.6. The third-order valence-electron chi connectivity index (χ3n) is 3.64. The number of carbonyl (C=O) groups is 1. The van der Waals surface area contributed by atoms with Crippen LogP contribution in [0.1, 0.15) is 18.5 Å². The summed E-state index contributed by atoms with van der Waals surface area (Å²) in [5, 5.41) is 3.23. The van der Waals surface area contributed by atoms with Gasteiger partial charge >= 0.3 is 6.09 Å². The summed E-state index contributed by atoms with van der Waals surface area (Å²) in [5.41, 5.74) is 1.08. The number of methoxy groups -OCH3 is 1. The van der Waals surface area contributed by atoms with Crippen LogP contribution in [0.15, 0.2) is 36.5 Å². The maximum absolute atomic E-state index is 11.6. The maximum Gasteiger partial charge on any atom is 0.415 e. The minimum absolute atomic E-state index is 0.0154. The predicted molar refractivity (Wildman–Crippen MR) is 85.8 cm³/mol. The van der Waals surface area contributed by atoms with Crippen molar-refractivity contribution in [3.05, 3.63) is 42.1 Å². The lowest BCUT2D eigenvalue weighted by atomic mass is 10.1. The zero-order chi connectivity index (χ0) is 16.2. The normalized spacial score (nSPS) is 15.2. The summed E-state index contributed by atoms with van der Waals surface area (Å²) in [7, 11) is 1.64. The van der Waals surface area contributed by atoms with Crippen LogP contribution in [-0.2, 0) is 4.74 Å². The fourth-order valence-electron chi connectivity index (χ4n) is 2.34. The summed E-state index contributed by atoms with van der Waals surface area (Å²) < 4.78 is 10.1. The van der Waals surface area contributed by atoms with Crippen molar-refractivity contribution in [1.29, 1.82) is 0 Å². The van der Waals surface area contributed by atoms with Crippen LogP contribution in [-0.4, -0.2) is 36.3 Å². The number of hydrogen-bond donors (Lipinski definition) is 1. The number of carbonyl (C=O) groups excluding carboxylic acids is 1. The van der Waals surface area contributed by atoms with Crippen LogP contribution < -0.4 is 15.0 Å².